The lowest BCUT2D eigenvalue weighted by molar-refractivity contribution is -0.889. The maximum Gasteiger partial charge on any atom is 0.306 e. The van der Waals surface area contributed by atoms with Crippen LogP contribution in [0.4, 0.5) is 0 Å². The van der Waals surface area contributed by atoms with Gasteiger partial charge in [0.1, 0.15) is 12.6 Å². The molecule has 296 valence electrons. The van der Waals surface area contributed by atoms with Crippen LogP contribution in [0.1, 0.15) is 168 Å². The Morgan fingerprint density at radius 2 is 1.10 bits per heavy atom. The third-order valence-electron chi connectivity index (χ3n) is 9.01. The zero-order chi connectivity index (χ0) is 37.8. The lowest BCUT2D eigenvalue weighted by Crippen LogP contribution is -2.55. The van der Waals surface area contributed by atoms with Crippen molar-refractivity contribution in [2.75, 3.05) is 41.0 Å². The fourth-order valence-electron chi connectivity index (χ4n) is 5.81. The molecule has 0 fully saturated rings. The van der Waals surface area contributed by atoms with E-state index in [4.69, 9.17) is 14.2 Å². The normalized spacial score (nSPS) is 13.4. The fourth-order valence-corrected chi connectivity index (χ4v) is 5.81. The van der Waals surface area contributed by atoms with Crippen LogP contribution < -0.4 is 5.11 Å². The minimum absolute atomic E-state index is 0.0334. The van der Waals surface area contributed by atoms with E-state index < -0.39 is 18.1 Å². The van der Waals surface area contributed by atoms with E-state index >= 15 is 0 Å². The van der Waals surface area contributed by atoms with Crippen LogP contribution in [0, 0.1) is 0 Å². The predicted molar refractivity (Wildman–Crippen MR) is 208 cm³/mol. The van der Waals surface area contributed by atoms with Crippen molar-refractivity contribution < 1.29 is 38.2 Å². The maximum absolute atomic E-state index is 12.7. The minimum Gasteiger partial charge on any atom is -0.544 e. The average molecular weight is 720 g/mol. The van der Waals surface area contributed by atoms with Crippen molar-refractivity contribution in [1.82, 2.24) is 0 Å². The molecule has 0 saturated heterocycles. The number of likely N-dealkylation sites (N-methyl/N-ethyl adjacent to an activating group) is 1. The summed E-state index contributed by atoms with van der Waals surface area (Å²) in [6.07, 6.45) is 37.4. The molecule has 0 aliphatic heterocycles. The molecule has 0 saturated carbocycles. The molecule has 0 aromatic heterocycles. The first-order chi connectivity index (χ1) is 24.6. The van der Waals surface area contributed by atoms with E-state index in [1.54, 1.807) is 21.1 Å². The first-order valence-corrected chi connectivity index (χ1v) is 20.5. The molecular weight excluding hydrogens is 642 g/mol. The van der Waals surface area contributed by atoms with Crippen molar-refractivity contribution in [3.63, 3.8) is 0 Å². The Hall–Kier alpha value is -2.45. The summed E-state index contributed by atoms with van der Waals surface area (Å²) in [6.45, 7) is 4.51. The van der Waals surface area contributed by atoms with E-state index in [0.29, 0.717) is 12.8 Å². The summed E-state index contributed by atoms with van der Waals surface area (Å²) in [4.78, 5) is 36.7. The molecule has 2 unspecified atom stereocenters. The first-order valence-electron chi connectivity index (χ1n) is 20.5. The van der Waals surface area contributed by atoms with Crippen molar-refractivity contribution in [3.05, 3.63) is 36.5 Å². The van der Waals surface area contributed by atoms with Crippen LogP contribution >= 0.6 is 0 Å². The summed E-state index contributed by atoms with van der Waals surface area (Å²) in [7, 11) is 5.39. The lowest BCUT2D eigenvalue weighted by atomic mass is 10.1. The number of carboxylic acids is 1. The van der Waals surface area contributed by atoms with E-state index in [0.717, 1.165) is 70.6 Å². The molecule has 0 aliphatic rings. The Morgan fingerprint density at radius 1 is 0.608 bits per heavy atom. The molecule has 8 nitrogen and oxygen atoms in total. The zero-order valence-electron chi connectivity index (χ0n) is 33.5. The van der Waals surface area contributed by atoms with Gasteiger partial charge < -0.3 is 28.6 Å². The van der Waals surface area contributed by atoms with Gasteiger partial charge in [0.05, 0.1) is 40.3 Å². The number of esters is 2. The smallest absolute Gasteiger partial charge is 0.306 e. The van der Waals surface area contributed by atoms with Crippen LogP contribution in [0.25, 0.3) is 0 Å². The maximum atomic E-state index is 12.7. The van der Waals surface area contributed by atoms with Crippen LogP contribution in [0.15, 0.2) is 36.5 Å². The molecule has 0 spiro atoms. The molecule has 0 rings (SSSR count). The molecule has 0 aliphatic carbocycles. The molecule has 2 atom stereocenters. The lowest BCUT2D eigenvalue weighted by Gasteiger charge is -2.34. The number of carbonyl (C=O) groups is 3. The van der Waals surface area contributed by atoms with Gasteiger partial charge >= 0.3 is 11.9 Å². The molecule has 0 N–H and O–H groups in total. The number of carbonyl (C=O) groups excluding carboxylic acids is 3. The van der Waals surface area contributed by atoms with Gasteiger partial charge in [-0.3, -0.25) is 9.59 Å². The number of carboxylic acid groups (broad SMARTS) is 1. The van der Waals surface area contributed by atoms with Gasteiger partial charge in [-0.25, -0.2) is 0 Å². The highest BCUT2D eigenvalue weighted by atomic mass is 16.6. The van der Waals surface area contributed by atoms with E-state index in [2.05, 4.69) is 50.3 Å². The van der Waals surface area contributed by atoms with Gasteiger partial charge in [0.2, 0.25) is 0 Å². The number of quaternary nitrogens is 1. The monoisotopic (exact) mass is 720 g/mol. The van der Waals surface area contributed by atoms with Crippen LogP contribution in [0.3, 0.4) is 0 Å². The van der Waals surface area contributed by atoms with Gasteiger partial charge in [-0.1, -0.05) is 121 Å². The summed E-state index contributed by atoms with van der Waals surface area (Å²) in [6, 6.07) is -0.727. The molecule has 0 aromatic rings. The Labute approximate surface area is 313 Å². The highest BCUT2D eigenvalue weighted by Crippen LogP contribution is 2.13. The van der Waals surface area contributed by atoms with Crippen molar-refractivity contribution in [2.24, 2.45) is 0 Å². The third-order valence-corrected chi connectivity index (χ3v) is 9.01. The van der Waals surface area contributed by atoms with E-state index in [1.807, 2.05) is 0 Å². The topological polar surface area (TPSA) is 102 Å². The SMILES string of the molecule is CC/C=C/C/C=C/CCCCCCCCCC(=O)OC(COCCC(C(=O)[O-])[N+](C)(C)C)COC(=O)CCCCC/C=C/CCCCCCCC. The second-order valence-corrected chi connectivity index (χ2v) is 14.8. The highest BCUT2D eigenvalue weighted by molar-refractivity contribution is 5.70. The minimum atomic E-state index is -1.13. The van der Waals surface area contributed by atoms with Gasteiger partial charge in [0.25, 0.3) is 0 Å². The van der Waals surface area contributed by atoms with Gasteiger partial charge in [0, 0.05) is 19.3 Å². The first kappa shape index (κ1) is 48.5. The van der Waals surface area contributed by atoms with Crippen molar-refractivity contribution in [2.45, 2.75) is 180 Å². The molecule has 0 heterocycles. The second-order valence-electron chi connectivity index (χ2n) is 14.8. The summed E-state index contributed by atoms with van der Waals surface area (Å²) in [5.74, 6) is -1.77. The van der Waals surface area contributed by atoms with Crippen LogP contribution in [-0.4, -0.2) is 75.5 Å². The van der Waals surface area contributed by atoms with E-state index in [9.17, 15) is 19.5 Å². The predicted octanol–water partition coefficient (Wildman–Crippen LogP) is 9.35. The number of aliphatic carboxylic acids is 1. The Kier molecular flexibility index (Phi) is 33.0. The molecule has 51 heavy (non-hydrogen) atoms. The number of nitrogens with zero attached hydrogens (tertiary/aromatic N) is 1. The van der Waals surface area contributed by atoms with Crippen molar-refractivity contribution >= 4 is 17.9 Å². The summed E-state index contributed by atoms with van der Waals surface area (Å²) < 4.78 is 17.1. The van der Waals surface area contributed by atoms with Gasteiger partial charge in [0.15, 0.2) is 6.10 Å². The summed E-state index contributed by atoms with van der Waals surface area (Å²) >= 11 is 0. The molecule has 0 aromatic carbocycles. The molecule has 0 amide bonds. The largest absolute Gasteiger partial charge is 0.544 e. The molecule has 8 heteroatoms. The van der Waals surface area contributed by atoms with E-state index in [1.165, 1.54) is 64.2 Å². The number of hydrogen-bond donors (Lipinski definition) is 0. The van der Waals surface area contributed by atoms with Gasteiger partial charge in [-0.05, 0) is 64.2 Å². The Balaban J connectivity index is 4.42. The molecule has 0 bridgehead atoms. The van der Waals surface area contributed by atoms with Crippen LogP contribution in [0.2, 0.25) is 0 Å². The quantitative estimate of drug-likeness (QED) is 0.0275. The molecular formula is C43H77NO7. The van der Waals surface area contributed by atoms with Gasteiger partial charge in [-0.2, -0.15) is 0 Å². The number of ether oxygens (including phenoxy) is 3. The standard InChI is InChI=1S/C43H77NO7/c1-6-8-10-12-14-16-18-20-22-24-26-28-30-32-34-42(46)51-39(37-49-36-35-40(43(47)48)44(3,4)5)38-50-41(45)33-31-29-27-25-23-21-19-17-15-13-11-9-7-2/h8,10,14,16,21,23,39-40H,6-7,9,11-13,15,17-20,22,24-38H2,1-5H3/b10-8+,16-14+,23-21+. The van der Waals surface area contributed by atoms with E-state index in [-0.39, 0.29) is 42.7 Å². The summed E-state index contributed by atoms with van der Waals surface area (Å²) in [5, 5.41) is 11.6. The second kappa shape index (κ2) is 34.6. The fraction of sp³-hybridized carbons (Fsp3) is 0.791. The average Bonchev–Trinajstić information content (AvgIpc) is 3.08. The zero-order valence-corrected chi connectivity index (χ0v) is 33.5. The number of rotatable bonds is 36. The van der Waals surface area contributed by atoms with Gasteiger partial charge in [-0.15, -0.1) is 0 Å². The third kappa shape index (κ3) is 33.2. The molecule has 0 radical (unpaired) electrons. The highest BCUT2D eigenvalue weighted by Gasteiger charge is 2.25. The number of unbranched alkanes of at least 4 members (excludes halogenated alkanes) is 16. The van der Waals surface area contributed by atoms with Crippen LogP contribution in [0.5, 0.6) is 0 Å². The summed E-state index contributed by atoms with van der Waals surface area (Å²) in [5.41, 5.74) is 0. The van der Waals surface area contributed by atoms with Crippen molar-refractivity contribution in [3.8, 4) is 0 Å². The van der Waals surface area contributed by atoms with Crippen molar-refractivity contribution in [1.29, 1.82) is 0 Å². The Bertz CT molecular complexity index is 937. The Morgan fingerprint density at radius 3 is 1.65 bits per heavy atom. The van der Waals surface area contributed by atoms with Crippen LogP contribution in [-0.2, 0) is 28.6 Å². The number of hydrogen-bond acceptors (Lipinski definition) is 7. The number of allylic oxidation sites excluding steroid dienone is 6.